The van der Waals surface area contributed by atoms with Gasteiger partial charge in [0.05, 0.1) is 11.4 Å². The number of aliphatic hydroxyl groups is 1. The zero-order valence-corrected chi connectivity index (χ0v) is 12.3. The van der Waals surface area contributed by atoms with Gasteiger partial charge in [0.25, 0.3) is 0 Å². The molecular weight excluding hydrogens is 281 g/mol. The van der Waals surface area contributed by atoms with Crippen LogP contribution in [0.4, 0.5) is 4.39 Å². The molecule has 22 heavy (non-hydrogen) atoms. The Morgan fingerprint density at radius 2 is 1.64 bits per heavy atom. The van der Waals surface area contributed by atoms with E-state index in [1.165, 1.54) is 12.1 Å². The fourth-order valence-electron chi connectivity index (χ4n) is 2.21. The minimum Gasteiger partial charge on any atom is -0.383 e. The lowest BCUT2D eigenvalue weighted by Crippen LogP contribution is -2.17. The number of hydrogen-bond acceptors (Lipinski definition) is 3. The molecule has 0 radical (unpaired) electrons. The third-order valence-electron chi connectivity index (χ3n) is 3.37. The van der Waals surface area contributed by atoms with Crippen molar-refractivity contribution in [3.63, 3.8) is 0 Å². The van der Waals surface area contributed by atoms with Gasteiger partial charge in [-0.05, 0) is 50.2 Å². The molecule has 0 amide bonds. The summed E-state index contributed by atoms with van der Waals surface area (Å²) in [6, 6.07) is 9.84. The zero-order chi connectivity index (χ0) is 15.7. The van der Waals surface area contributed by atoms with Crippen molar-refractivity contribution in [2.45, 2.75) is 19.4 Å². The minimum absolute atomic E-state index is 0.299. The highest BCUT2D eigenvalue weighted by Gasteiger charge is 2.24. The van der Waals surface area contributed by atoms with E-state index in [0.717, 1.165) is 16.8 Å². The molecule has 0 bridgehead atoms. The first-order chi connectivity index (χ1) is 10.4. The number of benzene rings is 1. The Balaban J connectivity index is 2.19. The van der Waals surface area contributed by atoms with Gasteiger partial charge < -0.3 is 10.1 Å². The Kier molecular flexibility index (Phi) is 3.50. The van der Waals surface area contributed by atoms with Crippen LogP contribution in [-0.4, -0.2) is 20.1 Å². The van der Waals surface area contributed by atoms with Crippen molar-refractivity contribution in [1.82, 2.24) is 15.0 Å². The van der Waals surface area contributed by atoms with E-state index in [-0.39, 0.29) is 5.82 Å². The minimum atomic E-state index is -1.10. The summed E-state index contributed by atoms with van der Waals surface area (Å²) in [5.74, 6) is 0.158. The predicted octanol–water partition coefficient (Wildman–Crippen LogP) is 3.51. The van der Waals surface area contributed by atoms with E-state index in [0.29, 0.717) is 11.5 Å². The highest BCUT2D eigenvalue weighted by Crippen LogP contribution is 2.32. The van der Waals surface area contributed by atoms with Crippen molar-refractivity contribution < 1.29 is 9.50 Å². The van der Waals surface area contributed by atoms with Crippen molar-refractivity contribution in [2.24, 2.45) is 0 Å². The second kappa shape index (κ2) is 5.35. The van der Waals surface area contributed by atoms with Crippen molar-refractivity contribution in [3.05, 3.63) is 60.4 Å². The fourth-order valence-corrected chi connectivity index (χ4v) is 2.21. The number of halogens is 1. The second-order valence-corrected chi connectivity index (χ2v) is 5.61. The van der Waals surface area contributed by atoms with E-state index in [1.807, 2.05) is 12.1 Å². The normalized spacial score (nSPS) is 11.6. The molecule has 0 saturated carbocycles. The largest absolute Gasteiger partial charge is 0.383 e. The van der Waals surface area contributed by atoms with Gasteiger partial charge >= 0.3 is 0 Å². The monoisotopic (exact) mass is 297 g/mol. The Morgan fingerprint density at radius 3 is 2.23 bits per heavy atom. The standard InChI is InChI=1S/C17H16FN3O/c1-17(2,22)16-20-14(11-3-5-13(18)6-4-11)15(21-16)12-7-9-19-10-8-12/h3-10,22H,1-2H3,(H,20,21). The maximum Gasteiger partial charge on any atom is 0.138 e. The van der Waals surface area contributed by atoms with Gasteiger partial charge in [0.2, 0.25) is 0 Å². The molecule has 3 rings (SSSR count). The molecule has 0 spiro atoms. The fraction of sp³-hybridized carbons (Fsp3) is 0.176. The van der Waals surface area contributed by atoms with E-state index in [2.05, 4.69) is 15.0 Å². The van der Waals surface area contributed by atoms with Crippen LogP contribution in [0.3, 0.4) is 0 Å². The van der Waals surface area contributed by atoms with Crippen molar-refractivity contribution in [2.75, 3.05) is 0 Å². The number of nitrogens with zero attached hydrogens (tertiary/aromatic N) is 2. The number of aromatic nitrogens is 3. The molecule has 0 fully saturated rings. The summed E-state index contributed by atoms with van der Waals surface area (Å²) < 4.78 is 13.1. The molecule has 0 aliphatic heterocycles. The predicted molar refractivity (Wildman–Crippen MR) is 82.5 cm³/mol. The van der Waals surface area contributed by atoms with Crippen LogP contribution in [0, 0.1) is 5.82 Å². The van der Waals surface area contributed by atoms with E-state index in [9.17, 15) is 9.50 Å². The summed E-state index contributed by atoms with van der Waals surface area (Å²) in [5, 5.41) is 10.2. The van der Waals surface area contributed by atoms with Crippen LogP contribution in [0.1, 0.15) is 19.7 Å². The lowest BCUT2D eigenvalue weighted by Gasteiger charge is -2.12. The van der Waals surface area contributed by atoms with E-state index >= 15 is 0 Å². The number of aromatic amines is 1. The van der Waals surface area contributed by atoms with Gasteiger partial charge in [0.15, 0.2) is 0 Å². The maximum atomic E-state index is 13.1. The van der Waals surface area contributed by atoms with Crippen molar-refractivity contribution in [1.29, 1.82) is 0 Å². The Labute approximate surface area is 127 Å². The second-order valence-electron chi connectivity index (χ2n) is 5.61. The average Bonchev–Trinajstić information content (AvgIpc) is 2.94. The summed E-state index contributed by atoms with van der Waals surface area (Å²) in [4.78, 5) is 11.7. The Bertz CT molecular complexity index is 774. The van der Waals surface area contributed by atoms with E-state index in [4.69, 9.17) is 0 Å². The summed E-state index contributed by atoms with van der Waals surface area (Å²) >= 11 is 0. The number of nitrogens with one attached hydrogen (secondary N) is 1. The molecule has 0 aliphatic carbocycles. The molecule has 2 N–H and O–H groups in total. The van der Waals surface area contributed by atoms with Crippen LogP contribution < -0.4 is 0 Å². The van der Waals surface area contributed by atoms with Crippen molar-refractivity contribution >= 4 is 0 Å². The zero-order valence-electron chi connectivity index (χ0n) is 12.3. The topological polar surface area (TPSA) is 61.8 Å². The van der Waals surface area contributed by atoms with Crippen molar-refractivity contribution in [3.8, 4) is 22.5 Å². The Morgan fingerprint density at radius 1 is 1.00 bits per heavy atom. The SMILES string of the molecule is CC(C)(O)c1nc(-c2ccc(F)cc2)c(-c2ccncc2)[nH]1. The molecule has 1 aromatic carbocycles. The lowest BCUT2D eigenvalue weighted by molar-refractivity contribution is 0.0698. The quantitative estimate of drug-likeness (QED) is 0.777. The van der Waals surface area contributed by atoms with Gasteiger partial charge in [0, 0.05) is 23.5 Å². The van der Waals surface area contributed by atoms with Gasteiger partial charge in [-0.1, -0.05) is 0 Å². The number of rotatable bonds is 3. The molecule has 5 heteroatoms. The summed E-state index contributed by atoms with van der Waals surface area (Å²) in [5.41, 5.74) is 2.02. The van der Waals surface area contributed by atoms with E-state index < -0.39 is 5.60 Å². The summed E-state index contributed by atoms with van der Waals surface area (Å²) in [6.07, 6.45) is 3.38. The van der Waals surface area contributed by atoms with Crippen LogP contribution in [0.5, 0.6) is 0 Å². The number of hydrogen-bond donors (Lipinski definition) is 2. The van der Waals surface area contributed by atoms with Gasteiger partial charge in [-0.3, -0.25) is 4.98 Å². The number of imidazole rings is 1. The first kappa shape index (κ1) is 14.4. The van der Waals surface area contributed by atoms with Gasteiger partial charge in [0.1, 0.15) is 17.2 Å². The molecule has 112 valence electrons. The van der Waals surface area contributed by atoms with Gasteiger partial charge in [-0.25, -0.2) is 9.37 Å². The average molecular weight is 297 g/mol. The lowest BCUT2D eigenvalue weighted by atomic mass is 10.1. The molecule has 0 saturated heterocycles. The third-order valence-corrected chi connectivity index (χ3v) is 3.37. The third kappa shape index (κ3) is 2.76. The number of pyridine rings is 1. The molecule has 3 aromatic rings. The smallest absolute Gasteiger partial charge is 0.138 e. The van der Waals surface area contributed by atoms with Gasteiger partial charge in [-0.15, -0.1) is 0 Å². The molecule has 4 nitrogen and oxygen atoms in total. The molecule has 0 atom stereocenters. The van der Waals surface area contributed by atoms with Crippen LogP contribution in [0.2, 0.25) is 0 Å². The molecule has 0 aliphatic rings. The maximum absolute atomic E-state index is 13.1. The summed E-state index contributed by atoms with van der Waals surface area (Å²) in [6.45, 7) is 3.33. The van der Waals surface area contributed by atoms with Gasteiger partial charge in [-0.2, -0.15) is 0 Å². The highest BCUT2D eigenvalue weighted by atomic mass is 19.1. The van der Waals surface area contributed by atoms with Crippen LogP contribution in [0.15, 0.2) is 48.8 Å². The van der Waals surface area contributed by atoms with Crippen LogP contribution in [0.25, 0.3) is 22.5 Å². The molecule has 2 heterocycles. The molecular formula is C17H16FN3O. The van der Waals surface area contributed by atoms with E-state index in [1.54, 1.807) is 38.4 Å². The first-order valence-electron chi connectivity index (χ1n) is 6.94. The summed E-state index contributed by atoms with van der Waals surface area (Å²) in [7, 11) is 0. The Hall–Kier alpha value is -2.53. The molecule has 0 unspecified atom stereocenters. The number of H-pyrrole nitrogens is 1. The molecule has 2 aromatic heterocycles. The van der Waals surface area contributed by atoms with Crippen LogP contribution in [-0.2, 0) is 5.60 Å². The first-order valence-corrected chi connectivity index (χ1v) is 6.94. The van der Waals surface area contributed by atoms with Crippen LogP contribution >= 0.6 is 0 Å². The highest BCUT2D eigenvalue weighted by molar-refractivity contribution is 5.78.